The number of rotatable bonds is 3. The molecule has 0 N–H and O–H groups in total. The Morgan fingerprint density at radius 3 is 2.36 bits per heavy atom. The number of hydrogen-bond acceptors (Lipinski definition) is 6. The molecule has 1 aliphatic heterocycles. The van der Waals surface area contributed by atoms with Crippen LogP contribution in [0.25, 0.3) is 0 Å². The van der Waals surface area contributed by atoms with E-state index in [0.29, 0.717) is 23.0 Å². The quantitative estimate of drug-likeness (QED) is 0.857. The molecule has 8 heteroatoms. The van der Waals surface area contributed by atoms with Gasteiger partial charge in [0, 0.05) is 31.4 Å². The summed E-state index contributed by atoms with van der Waals surface area (Å²) in [5.41, 5.74) is 0.594. The summed E-state index contributed by atoms with van der Waals surface area (Å²) in [6.45, 7) is 4.58. The molecule has 0 aliphatic carbocycles. The Kier molecular flexibility index (Phi) is 4.24. The highest BCUT2D eigenvalue weighted by Gasteiger charge is 2.33. The van der Waals surface area contributed by atoms with E-state index in [9.17, 15) is 8.42 Å². The maximum Gasteiger partial charge on any atom is 0.254 e. The number of nitrogens with zero attached hydrogens (tertiary/aromatic N) is 4. The van der Waals surface area contributed by atoms with Crippen molar-refractivity contribution in [3.05, 3.63) is 35.0 Å². The van der Waals surface area contributed by atoms with Crippen LogP contribution in [-0.4, -0.2) is 40.8 Å². The monoisotopic (exact) mass is 338 g/mol. The van der Waals surface area contributed by atoms with Crippen LogP contribution < -0.4 is 0 Å². The van der Waals surface area contributed by atoms with Gasteiger partial charge in [-0.05, 0) is 32.8 Å². The fraction of sp³-hybridized carbons (Fsp3) is 0.500. The molecule has 118 valence electrons. The van der Waals surface area contributed by atoms with E-state index in [1.807, 2.05) is 6.92 Å². The lowest BCUT2D eigenvalue weighted by Gasteiger charge is -2.30. The fourth-order valence-corrected chi connectivity index (χ4v) is 5.83. The van der Waals surface area contributed by atoms with Crippen LogP contribution >= 0.6 is 11.3 Å². The lowest BCUT2D eigenvalue weighted by molar-refractivity contribution is 0.314. The predicted octanol–water partition coefficient (Wildman–Crippen LogP) is 2.12. The van der Waals surface area contributed by atoms with Crippen LogP contribution in [0, 0.1) is 13.8 Å². The van der Waals surface area contributed by atoms with Gasteiger partial charge in [0.25, 0.3) is 10.0 Å². The molecule has 3 heterocycles. The van der Waals surface area contributed by atoms with Gasteiger partial charge >= 0.3 is 0 Å². The fourth-order valence-electron chi connectivity index (χ4n) is 2.75. The number of piperidine rings is 1. The first kappa shape index (κ1) is 15.5. The molecule has 0 bridgehead atoms. The lowest BCUT2D eigenvalue weighted by atomic mass is 9.97. The minimum Gasteiger partial charge on any atom is -0.245 e. The largest absolute Gasteiger partial charge is 0.254 e. The third kappa shape index (κ3) is 2.90. The van der Waals surface area contributed by atoms with E-state index in [2.05, 4.69) is 15.0 Å². The van der Waals surface area contributed by atoms with Gasteiger partial charge in [0.1, 0.15) is 5.82 Å². The lowest BCUT2D eigenvalue weighted by Crippen LogP contribution is -2.38. The van der Waals surface area contributed by atoms with Crippen molar-refractivity contribution in [3.63, 3.8) is 0 Å². The number of aryl methyl sites for hydroxylation is 2. The second-order valence-electron chi connectivity index (χ2n) is 5.39. The number of sulfonamides is 1. The van der Waals surface area contributed by atoms with Gasteiger partial charge in [-0.2, -0.15) is 4.31 Å². The summed E-state index contributed by atoms with van der Waals surface area (Å²) >= 11 is 1.25. The van der Waals surface area contributed by atoms with Crippen molar-refractivity contribution < 1.29 is 8.42 Å². The predicted molar refractivity (Wildman–Crippen MR) is 84.4 cm³/mol. The smallest absolute Gasteiger partial charge is 0.245 e. The molecule has 1 fully saturated rings. The van der Waals surface area contributed by atoms with Crippen molar-refractivity contribution in [1.82, 2.24) is 19.3 Å². The normalized spacial score (nSPS) is 17.7. The topological polar surface area (TPSA) is 76.1 Å². The van der Waals surface area contributed by atoms with Crippen LogP contribution in [0.1, 0.15) is 35.3 Å². The zero-order chi connectivity index (χ0) is 15.7. The molecule has 22 heavy (non-hydrogen) atoms. The average molecular weight is 338 g/mol. The first-order chi connectivity index (χ1) is 10.5. The molecule has 0 amide bonds. The maximum atomic E-state index is 12.7. The standard InChI is InChI=1S/C14H18N4O2S2/c1-10-14(21-11(2)17-10)22(19,20)18-8-4-12(5-9-18)13-15-6-3-7-16-13/h3,6-7,12H,4-5,8-9H2,1-2H3. The minimum atomic E-state index is -3.43. The van der Waals surface area contributed by atoms with Gasteiger partial charge in [-0.3, -0.25) is 0 Å². The molecule has 1 saturated heterocycles. The molecular formula is C14H18N4O2S2. The molecule has 3 rings (SSSR count). The summed E-state index contributed by atoms with van der Waals surface area (Å²) in [5, 5.41) is 0.781. The highest BCUT2D eigenvalue weighted by molar-refractivity contribution is 7.91. The first-order valence-corrected chi connectivity index (χ1v) is 9.45. The maximum absolute atomic E-state index is 12.7. The van der Waals surface area contributed by atoms with E-state index in [1.54, 1.807) is 29.7 Å². The van der Waals surface area contributed by atoms with Gasteiger partial charge in [-0.15, -0.1) is 11.3 Å². The number of aromatic nitrogens is 3. The zero-order valence-electron chi connectivity index (χ0n) is 12.6. The third-order valence-electron chi connectivity index (χ3n) is 3.84. The van der Waals surface area contributed by atoms with Crippen molar-refractivity contribution in [3.8, 4) is 0 Å². The van der Waals surface area contributed by atoms with Crippen LogP contribution in [0.15, 0.2) is 22.7 Å². The summed E-state index contributed by atoms with van der Waals surface area (Å²) in [6.07, 6.45) is 4.96. The van der Waals surface area contributed by atoms with E-state index in [0.717, 1.165) is 23.7 Å². The Hall–Kier alpha value is -1.38. The molecule has 0 spiro atoms. The van der Waals surface area contributed by atoms with Gasteiger partial charge in [0.05, 0.1) is 10.7 Å². The van der Waals surface area contributed by atoms with E-state index >= 15 is 0 Å². The van der Waals surface area contributed by atoms with Gasteiger partial charge in [-0.1, -0.05) is 0 Å². The van der Waals surface area contributed by atoms with Crippen LogP contribution in [0.3, 0.4) is 0 Å². The summed E-state index contributed by atoms with van der Waals surface area (Å²) in [6, 6.07) is 1.79. The molecule has 1 aliphatic rings. The van der Waals surface area contributed by atoms with Crippen molar-refractivity contribution in [1.29, 1.82) is 0 Å². The van der Waals surface area contributed by atoms with E-state index in [4.69, 9.17) is 0 Å². The van der Waals surface area contributed by atoms with Crippen LogP contribution in [-0.2, 0) is 10.0 Å². The second-order valence-corrected chi connectivity index (χ2v) is 8.73. The summed E-state index contributed by atoms with van der Waals surface area (Å²) in [5.74, 6) is 1.04. The summed E-state index contributed by atoms with van der Waals surface area (Å²) in [4.78, 5) is 12.8. The van der Waals surface area contributed by atoms with Crippen LogP contribution in [0.5, 0.6) is 0 Å². The van der Waals surface area contributed by atoms with Crippen LogP contribution in [0.4, 0.5) is 0 Å². The van der Waals surface area contributed by atoms with Crippen LogP contribution in [0.2, 0.25) is 0 Å². The highest BCUT2D eigenvalue weighted by Crippen LogP contribution is 2.31. The Labute approximate surface area is 134 Å². The molecule has 0 radical (unpaired) electrons. The van der Waals surface area contributed by atoms with E-state index in [-0.39, 0.29) is 5.92 Å². The van der Waals surface area contributed by atoms with Gasteiger partial charge in [0.2, 0.25) is 0 Å². The molecule has 2 aromatic heterocycles. The van der Waals surface area contributed by atoms with Crippen molar-refractivity contribution in [2.45, 2.75) is 36.8 Å². The Bertz CT molecular complexity index is 750. The van der Waals surface area contributed by atoms with Crippen molar-refractivity contribution in [2.24, 2.45) is 0 Å². The molecule has 6 nitrogen and oxygen atoms in total. The molecule has 0 unspecified atom stereocenters. The number of thiazole rings is 1. The highest BCUT2D eigenvalue weighted by atomic mass is 32.2. The third-order valence-corrected chi connectivity index (χ3v) is 7.40. The van der Waals surface area contributed by atoms with E-state index < -0.39 is 10.0 Å². The van der Waals surface area contributed by atoms with E-state index in [1.165, 1.54) is 11.3 Å². The summed E-state index contributed by atoms with van der Waals surface area (Å²) in [7, 11) is -3.43. The molecule has 0 saturated carbocycles. The van der Waals surface area contributed by atoms with Crippen molar-refractivity contribution >= 4 is 21.4 Å². The van der Waals surface area contributed by atoms with Crippen molar-refractivity contribution in [2.75, 3.05) is 13.1 Å². The number of hydrogen-bond donors (Lipinski definition) is 0. The Morgan fingerprint density at radius 1 is 1.18 bits per heavy atom. The SMILES string of the molecule is Cc1nc(C)c(S(=O)(=O)N2CCC(c3ncccn3)CC2)s1. The molecular weight excluding hydrogens is 320 g/mol. The second kappa shape index (κ2) is 6.02. The minimum absolute atomic E-state index is 0.233. The van der Waals surface area contributed by atoms with Gasteiger partial charge < -0.3 is 0 Å². The Balaban J connectivity index is 1.75. The Morgan fingerprint density at radius 2 is 1.82 bits per heavy atom. The average Bonchev–Trinajstić information content (AvgIpc) is 2.88. The molecule has 0 atom stereocenters. The molecule has 0 aromatic carbocycles. The van der Waals surface area contributed by atoms with Gasteiger partial charge in [0.15, 0.2) is 4.21 Å². The summed E-state index contributed by atoms with van der Waals surface area (Å²) < 4.78 is 27.4. The van der Waals surface area contributed by atoms with Gasteiger partial charge in [-0.25, -0.2) is 23.4 Å². The zero-order valence-corrected chi connectivity index (χ0v) is 14.2. The first-order valence-electron chi connectivity index (χ1n) is 7.19. The molecule has 2 aromatic rings.